The number of carbonyl (C=O) groups is 3. The van der Waals surface area contributed by atoms with Crippen LogP contribution in [0.3, 0.4) is 0 Å². The van der Waals surface area contributed by atoms with Crippen LogP contribution in [0.1, 0.15) is 33.6 Å². The van der Waals surface area contributed by atoms with Gasteiger partial charge in [0.05, 0.1) is 11.1 Å². The Labute approximate surface area is 151 Å². The van der Waals surface area contributed by atoms with Gasteiger partial charge in [-0.25, -0.2) is 8.42 Å². The van der Waals surface area contributed by atoms with E-state index in [0.717, 1.165) is 11.2 Å². The zero-order valence-corrected chi connectivity index (χ0v) is 15.3. The lowest BCUT2D eigenvalue weighted by atomic mass is 9.96. The maximum absolute atomic E-state index is 12.6. The fraction of sp³-hybridized carbons (Fsp3) is 0.471. The predicted octanol–water partition coefficient (Wildman–Crippen LogP) is -0.434. The first-order valence-electron chi connectivity index (χ1n) is 8.42. The Bertz CT molecular complexity index is 824. The van der Waals surface area contributed by atoms with Crippen LogP contribution in [0.4, 0.5) is 0 Å². The van der Waals surface area contributed by atoms with E-state index < -0.39 is 32.3 Å². The van der Waals surface area contributed by atoms with E-state index in [1.54, 1.807) is 24.3 Å². The van der Waals surface area contributed by atoms with Gasteiger partial charge < -0.3 is 10.6 Å². The summed E-state index contributed by atoms with van der Waals surface area (Å²) in [5.41, 5.74) is 0.685. The SMILES string of the molecule is CS(=O)(=O)C1(C(=O)NCCN2C(=O)c3ccccc3C2=O)CCNCC1. The number of piperidine rings is 1. The average Bonchev–Trinajstić information content (AvgIpc) is 2.86. The number of hydrogen-bond donors (Lipinski definition) is 2. The molecule has 3 rings (SSSR count). The molecule has 1 aromatic rings. The molecule has 1 saturated heterocycles. The average molecular weight is 379 g/mol. The minimum Gasteiger partial charge on any atom is -0.353 e. The maximum Gasteiger partial charge on any atom is 0.261 e. The molecule has 140 valence electrons. The van der Waals surface area contributed by atoms with Crippen LogP contribution in [0, 0.1) is 0 Å². The molecule has 26 heavy (non-hydrogen) atoms. The quantitative estimate of drug-likeness (QED) is 0.671. The molecule has 3 amide bonds. The summed E-state index contributed by atoms with van der Waals surface area (Å²) >= 11 is 0. The third kappa shape index (κ3) is 3.01. The van der Waals surface area contributed by atoms with Crippen LogP contribution < -0.4 is 10.6 Å². The molecule has 0 saturated carbocycles. The maximum atomic E-state index is 12.6. The Morgan fingerprint density at radius 3 is 2.19 bits per heavy atom. The van der Waals surface area contributed by atoms with Crippen molar-refractivity contribution < 1.29 is 22.8 Å². The number of nitrogens with zero attached hydrogens (tertiary/aromatic N) is 1. The molecular formula is C17H21N3O5S. The van der Waals surface area contributed by atoms with Crippen molar-refractivity contribution in [2.24, 2.45) is 0 Å². The normalized spacial score (nSPS) is 19.3. The molecule has 2 N–H and O–H groups in total. The molecule has 0 unspecified atom stereocenters. The molecule has 2 aliphatic rings. The van der Waals surface area contributed by atoms with Gasteiger partial charge in [-0.1, -0.05) is 12.1 Å². The first-order chi connectivity index (χ1) is 12.3. The van der Waals surface area contributed by atoms with E-state index in [1.807, 2.05) is 0 Å². The van der Waals surface area contributed by atoms with Crippen molar-refractivity contribution in [3.05, 3.63) is 35.4 Å². The van der Waals surface area contributed by atoms with Gasteiger partial charge in [-0.2, -0.15) is 0 Å². The van der Waals surface area contributed by atoms with Crippen molar-refractivity contribution in [3.8, 4) is 0 Å². The third-order valence-corrected chi connectivity index (χ3v) is 7.05. The number of sulfone groups is 1. The fourth-order valence-electron chi connectivity index (χ4n) is 3.48. The van der Waals surface area contributed by atoms with Crippen LogP contribution in [-0.2, 0) is 14.6 Å². The lowest BCUT2D eigenvalue weighted by Crippen LogP contribution is -2.58. The molecule has 1 aromatic carbocycles. The lowest BCUT2D eigenvalue weighted by Gasteiger charge is -2.34. The van der Waals surface area contributed by atoms with Gasteiger partial charge in [0.25, 0.3) is 11.8 Å². The van der Waals surface area contributed by atoms with E-state index in [0.29, 0.717) is 24.2 Å². The number of rotatable bonds is 5. The largest absolute Gasteiger partial charge is 0.353 e. The Morgan fingerprint density at radius 1 is 1.15 bits per heavy atom. The van der Waals surface area contributed by atoms with Gasteiger partial charge in [-0.15, -0.1) is 0 Å². The lowest BCUT2D eigenvalue weighted by molar-refractivity contribution is -0.124. The van der Waals surface area contributed by atoms with Crippen LogP contribution in [0.2, 0.25) is 0 Å². The van der Waals surface area contributed by atoms with E-state index in [1.165, 1.54) is 0 Å². The second-order valence-electron chi connectivity index (χ2n) is 6.58. The fourth-order valence-corrected chi connectivity index (χ4v) is 4.84. The number of nitrogens with one attached hydrogen (secondary N) is 2. The van der Waals surface area contributed by atoms with Crippen LogP contribution in [0.15, 0.2) is 24.3 Å². The van der Waals surface area contributed by atoms with Gasteiger partial charge in [0.15, 0.2) is 14.6 Å². The van der Waals surface area contributed by atoms with Gasteiger partial charge in [-0.3, -0.25) is 19.3 Å². The molecule has 2 heterocycles. The molecular weight excluding hydrogens is 358 g/mol. The molecule has 0 aliphatic carbocycles. The predicted molar refractivity (Wildman–Crippen MR) is 94.5 cm³/mol. The highest BCUT2D eigenvalue weighted by Gasteiger charge is 2.48. The Hall–Kier alpha value is -2.26. The highest BCUT2D eigenvalue weighted by molar-refractivity contribution is 7.92. The molecule has 2 aliphatic heterocycles. The summed E-state index contributed by atoms with van der Waals surface area (Å²) in [4.78, 5) is 38.3. The number of amides is 3. The zero-order chi connectivity index (χ0) is 18.9. The van der Waals surface area contributed by atoms with Gasteiger partial charge in [0.1, 0.15) is 0 Å². The number of carbonyl (C=O) groups excluding carboxylic acids is 3. The number of hydrogen-bond acceptors (Lipinski definition) is 6. The summed E-state index contributed by atoms with van der Waals surface area (Å²) in [7, 11) is -3.60. The van der Waals surface area contributed by atoms with E-state index in [2.05, 4.69) is 10.6 Å². The van der Waals surface area contributed by atoms with Crippen molar-refractivity contribution in [1.82, 2.24) is 15.5 Å². The van der Waals surface area contributed by atoms with Crippen LogP contribution in [0.5, 0.6) is 0 Å². The van der Waals surface area contributed by atoms with E-state index in [9.17, 15) is 22.8 Å². The number of imide groups is 1. The number of fused-ring (bicyclic) bond motifs is 1. The molecule has 0 radical (unpaired) electrons. The van der Waals surface area contributed by atoms with E-state index in [-0.39, 0.29) is 25.9 Å². The van der Waals surface area contributed by atoms with Crippen LogP contribution in [0.25, 0.3) is 0 Å². The van der Waals surface area contributed by atoms with Gasteiger partial charge >= 0.3 is 0 Å². The molecule has 0 atom stereocenters. The van der Waals surface area contributed by atoms with Crippen molar-refractivity contribution in [3.63, 3.8) is 0 Å². The standard InChI is InChI=1S/C17H21N3O5S/c1-26(24,25)17(6-8-18-9-7-17)16(23)19-10-11-20-14(21)12-4-2-3-5-13(12)15(20)22/h2-5,18H,6-11H2,1H3,(H,19,23). The number of benzene rings is 1. The van der Waals surface area contributed by atoms with Crippen molar-refractivity contribution in [1.29, 1.82) is 0 Å². The summed E-state index contributed by atoms with van der Waals surface area (Å²) in [6, 6.07) is 6.54. The van der Waals surface area contributed by atoms with E-state index in [4.69, 9.17) is 0 Å². The van der Waals surface area contributed by atoms with Crippen LogP contribution in [-0.4, -0.2) is 68.2 Å². The summed E-state index contributed by atoms with van der Waals surface area (Å²) in [5.74, 6) is -1.38. The summed E-state index contributed by atoms with van der Waals surface area (Å²) in [6.07, 6.45) is 1.47. The van der Waals surface area contributed by atoms with Gasteiger partial charge in [-0.05, 0) is 38.1 Å². The molecule has 0 aromatic heterocycles. The van der Waals surface area contributed by atoms with Crippen LogP contribution >= 0.6 is 0 Å². The highest BCUT2D eigenvalue weighted by atomic mass is 32.2. The molecule has 0 spiro atoms. The van der Waals surface area contributed by atoms with Gasteiger partial charge in [0, 0.05) is 19.3 Å². The minimum absolute atomic E-state index is 0.00379. The summed E-state index contributed by atoms with van der Waals surface area (Å²) < 4.78 is 23.0. The molecule has 0 bridgehead atoms. The first kappa shape index (κ1) is 18.5. The van der Waals surface area contributed by atoms with Crippen molar-refractivity contribution >= 4 is 27.6 Å². The Kier molecular flexibility index (Phi) is 4.85. The molecule has 9 heteroatoms. The highest BCUT2D eigenvalue weighted by Crippen LogP contribution is 2.28. The van der Waals surface area contributed by atoms with E-state index >= 15 is 0 Å². The first-order valence-corrected chi connectivity index (χ1v) is 10.3. The summed E-state index contributed by atoms with van der Waals surface area (Å²) in [5, 5.41) is 5.65. The van der Waals surface area contributed by atoms with Crippen molar-refractivity contribution in [2.75, 3.05) is 32.4 Å². The summed E-state index contributed by atoms with van der Waals surface area (Å²) in [6.45, 7) is 0.892. The second kappa shape index (κ2) is 6.81. The topological polar surface area (TPSA) is 113 Å². The Balaban J connectivity index is 1.66. The zero-order valence-electron chi connectivity index (χ0n) is 14.4. The molecule has 1 fully saturated rings. The second-order valence-corrected chi connectivity index (χ2v) is 8.91. The Morgan fingerprint density at radius 2 is 1.69 bits per heavy atom. The minimum atomic E-state index is -3.60. The smallest absolute Gasteiger partial charge is 0.261 e. The van der Waals surface area contributed by atoms with Crippen molar-refractivity contribution in [2.45, 2.75) is 17.6 Å². The van der Waals surface area contributed by atoms with Gasteiger partial charge in [0.2, 0.25) is 5.91 Å². The monoisotopic (exact) mass is 379 g/mol. The molecule has 8 nitrogen and oxygen atoms in total. The third-order valence-electron chi connectivity index (χ3n) is 5.03.